The van der Waals surface area contributed by atoms with Crippen LogP contribution < -0.4 is 5.32 Å². The molecule has 0 aliphatic heterocycles. The van der Waals surface area contributed by atoms with Crippen LogP contribution in [0.25, 0.3) is 0 Å². The van der Waals surface area contributed by atoms with Crippen molar-refractivity contribution in [3.05, 3.63) is 29.3 Å². The number of phenolic OH excluding ortho intramolecular Hbond substituents is 1. The number of fused-ring (bicyclic) bond motifs is 1. The van der Waals surface area contributed by atoms with Gasteiger partial charge in [-0.1, -0.05) is 12.5 Å². The Morgan fingerprint density at radius 3 is 2.94 bits per heavy atom. The maximum atomic E-state index is 9.49. The molecule has 3 unspecified atom stereocenters. The van der Waals surface area contributed by atoms with Gasteiger partial charge in [0.25, 0.3) is 0 Å². The Hall–Kier alpha value is -1.06. The summed E-state index contributed by atoms with van der Waals surface area (Å²) in [7, 11) is 0. The molecular formula is C15H21NO2. The summed E-state index contributed by atoms with van der Waals surface area (Å²) in [6.45, 7) is 0.298. The van der Waals surface area contributed by atoms with Crippen LogP contribution in [0.1, 0.15) is 42.9 Å². The predicted octanol–water partition coefficient (Wildman–Crippen LogP) is 2.13. The van der Waals surface area contributed by atoms with Crippen molar-refractivity contribution in [1.29, 1.82) is 0 Å². The molecule has 18 heavy (non-hydrogen) atoms. The molecular weight excluding hydrogens is 226 g/mol. The number of phenols is 1. The highest BCUT2D eigenvalue weighted by Gasteiger charge is 2.31. The van der Waals surface area contributed by atoms with Crippen molar-refractivity contribution in [1.82, 2.24) is 5.32 Å². The van der Waals surface area contributed by atoms with Crippen LogP contribution in [0.5, 0.6) is 5.75 Å². The maximum Gasteiger partial charge on any atom is 0.115 e. The highest BCUT2D eigenvalue weighted by molar-refractivity contribution is 5.40. The molecule has 0 amide bonds. The van der Waals surface area contributed by atoms with Crippen LogP contribution in [-0.2, 0) is 6.42 Å². The van der Waals surface area contributed by atoms with Gasteiger partial charge in [-0.05, 0) is 54.9 Å². The van der Waals surface area contributed by atoms with Gasteiger partial charge < -0.3 is 15.5 Å². The molecule has 3 atom stereocenters. The summed E-state index contributed by atoms with van der Waals surface area (Å²) in [4.78, 5) is 0. The Bertz CT molecular complexity index is 433. The van der Waals surface area contributed by atoms with E-state index in [9.17, 15) is 10.2 Å². The number of aliphatic hydroxyl groups is 1. The molecule has 0 aromatic heterocycles. The molecule has 3 N–H and O–H groups in total. The minimum absolute atomic E-state index is 0.298. The molecule has 1 aromatic rings. The van der Waals surface area contributed by atoms with Gasteiger partial charge in [-0.25, -0.2) is 0 Å². The molecule has 3 rings (SSSR count). The zero-order valence-corrected chi connectivity index (χ0v) is 10.6. The van der Waals surface area contributed by atoms with E-state index >= 15 is 0 Å². The Morgan fingerprint density at radius 2 is 2.11 bits per heavy atom. The first kappa shape index (κ1) is 12.0. The van der Waals surface area contributed by atoms with E-state index in [1.807, 2.05) is 12.1 Å². The van der Waals surface area contributed by atoms with Crippen molar-refractivity contribution in [2.45, 2.75) is 44.2 Å². The lowest BCUT2D eigenvalue weighted by atomic mass is 10.0. The molecule has 1 saturated carbocycles. The summed E-state index contributed by atoms with van der Waals surface area (Å²) in [5.41, 5.74) is 2.60. The van der Waals surface area contributed by atoms with Gasteiger partial charge in [0.15, 0.2) is 0 Å². The first-order valence-corrected chi connectivity index (χ1v) is 6.96. The van der Waals surface area contributed by atoms with Crippen molar-refractivity contribution < 1.29 is 10.2 Å². The molecule has 1 fully saturated rings. The zero-order valence-electron chi connectivity index (χ0n) is 10.6. The Balaban J connectivity index is 1.73. The number of hydrogen-bond acceptors (Lipinski definition) is 3. The van der Waals surface area contributed by atoms with E-state index in [-0.39, 0.29) is 0 Å². The van der Waals surface area contributed by atoms with E-state index in [1.54, 1.807) is 6.07 Å². The standard InChI is InChI=1S/C15H21NO2/c17-9-11-2-1-3-14(11)16-15-7-4-10-8-12(18)5-6-13(10)15/h5-6,8,11,14-18H,1-4,7,9H2. The monoisotopic (exact) mass is 247 g/mol. The molecule has 3 heteroatoms. The number of benzene rings is 1. The van der Waals surface area contributed by atoms with Crippen LogP contribution in [0, 0.1) is 5.92 Å². The zero-order chi connectivity index (χ0) is 12.5. The molecule has 1 aromatic carbocycles. The average molecular weight is 247 g/mol. The Labute approximate surface area is 108 Å². The van der Waals surface area contributed by atoms with Crippen molar-refractivity contribution in [3.8, 4) is 5.75 Å². The van der Waals surface area contributed by atoms with E-state index in [0.29, 0.717) is 30.4 Å². The van der Waals surface area contributed by atoms with E-state index in [0.717, 1.165) is 19.3 Å². The van der Waals surface area contributed by atoms with Gasteiger partial charge in [0.05, 0.1) is 0 Å². The normalized spacial score (nSPS) is 30.6. The summed E-state index contributed by atoms with van der Waals surface area (Å²) >= 11 is 0. The van der Waals surface area contributed by atoms with Crippen molar-refractivity contribution >= 4 is 0 Å². The Morgan fingerprint density at radius 1 is 1.22 bits per heavy atom. The topological polar surface area (TPSA) is 52.5 Å². The fourth-order valence-corrected chi connectivity index (χ4v) is 3.51. The number of rotatable bonds is 3. The smallest absolute Gasteiger partial charge is 0.115 e. The van der Waals surface area contributed by atoms with E-state index in [4.69, 9.17) is 0 Å². The third kappa shape index (κ3) is 2.13. The minimum Gasteiger partial charge on any atom is -0.508 e. The number of aliphatic hydroxyl groups excluding tert-OH is 1. The summed E-state index contributed by atoms with van der Waals surface area (Å²) < 4.78 is 0. The molecule has 98 valence electrons. The molecule has 0 bridgehead atoms. The van der Waals surface area contributed by atoms with Crippen LogP contribution in [0.15, 0.2) is 18.2 Å². The third-order valence-electron chi connectivity index (χ3n) is 4.51. The van der Waals surface area contributed by atoms with E-state index in [1.165, 1.54) is 24.0 Å². The molecule has 2 aliphatic rings. The average Bonchev–Trinajstić information content (AvgIpc) is 2.96. The number of aromatic hydroxyl groups is 1. The van der Waals surface area contributed by atoms with Crippen LogP contribution in [-0.4, -0.2) is 22.9 Å². The maximum absolute atomic E-state index is 9.49. The first-order valence-electron chi connectivity index (χ1n) is 6.96. The third-order valence-corrected chi connectivity index (χ3v) is 4.51. The van der Waals surface area contributed by atoms with Crippen LogP contribution >= 0.6 is 0 Å². The van der Waals surface area contributed by atoms with Gasteiger partial charge in [-0.2, -0.15) is 0 Å². The number of hydrogen-bond donors (Lipinski definition) is 3. The van der Waals surface area contributed by atoms with Crippen LogP contribution in [0.3, 0.4) is 0 Å². The largest absolute Gasteiger partial charge is 0.508 e. The molecule has 0 heterocycles. The number of nitrogens with one attached hydrogen (secondary N) is 1. The van der Waals surface area contributed by atoms with Crippen LogP contribution in [0.4, 0.5) is 0 Å². The second-order valence-electron chi connectivity index (χ2n) is 5.62. The Kier molecular flexibility index (Phi) is 3.27. The van der Waals surface area contributed by atoms with Gasteiger partial charge in [-0.15, -0.1) is 0 Å². The van der Waals surface area contributed by atoms with Crippen molar-refractivity contribution in [3.63, 3.8) is 0 Å². The lowest BCUT2D eigenvalue weighted by Gasteiger charge is -2.24. The lowest BCUT2D eigenvalue weighted by molar-refractivity contribution is 0.199. The van der Waals surface area contributed by atoms with Crippen LogP contribution in [0.2, 0.25) is 0 Å². The van der Waals surface area contributed by atoms with E-state index in [2.05, 4.69) is 5.32 Å². The van der Waals surface area contributed by atoms with Gasteiger partial charge in [0.2, 0.25) is 0 Å². The summed E-state index contributed by atoms with van der Waals surface area (Å²) in [5, 5.41) is 22.6. The van der Waals surface area contributed by atoms with Crippen molar-refractivity contribution in [2.75, 3.05) is 6.61 Å². The first-order chi connectivity index (χ1) is 8.78. The minimum atomic E-state index is 0.298. The SMILES string of the molecule is OCC1CCCC1NC1CCc2cc(O)ccc21. The van der Waals surface area contributed by atoms with Gasteiger partial charge in [0.1, 0.15) is 5.75 Å². The van der Waals surface area contributed by atoms with Gasteiger partial charge >= 0.3 is 0 Å². The molecule has 2 aliphatic carbocycles. The highest BCUT2D eigenvalue weighted by Crippen LogP contribution is 2.36. The number of aryl methyl sites for hydroxylation is 1. The molecule has 0 saturated heterocycles. The second-order valence-corrected chi connectivity index (χ2v) is 5.62. The second kappa shape index (κ2) is 4.90. The van der Waals surface area contributed by atoms with Gasteiger partial charge in [0, 0.05) is 18.7 Å². The lowest BCUT2D eigenvalue weighted by Crippen LogP contribution is -2.36. The summed E-state index contributed by atoms with van der Waals surface area (Å²) in [6.07, 6.45) is 5.68. The molecule has 3 nitrogen and oxygen atoms in total. The summed E-state index contributed by atoms with van der Waals surface area (Å²) in [6, 6.07) is 6.56. The van der Waals surface area contributed by atoms with Gasteiger partial charge in [-0.3, -0.25) is 0 Å². The van der Waals surface area contributed by atoms with Crippen molar-refractivity contribution in [2.24, 2.45) is 5.92 Å². The fourth-order valence-electron chi connectivity index (χ4n) is 3.51. The summed E-state index contributed by atoms with van der Waals surface area (Å²) in [5.74, 6) is 0.787. The molecule has 0 spiro atoms. The highest BCUT2D eigenvalue weighted by atomic mass is 16.3. The fraction of sp³-hybridized carbons (Fsp3) is 0.600. The molecule has 0 radical (unpaired) electrons. The quantitative estimate of drug-likeness (QED) is 0.767. The van der Waals surface area contributed by atoms with E-state index < -0.39 is 0 Å². The predicted molar refractivity (Wildman–Crippen MR) is 70.5 cm³/mol.